The molecule has 1 rings (SSSR count). The molecule has 17 heavy (non-hydrogen) atoms. The van der Waals surface area contributed by atoms with Crippen LogP contribution in [0.25, 0.3) is 0 Å². The lowest BCUT2D eigenvalue weighted by Crippen LogP contribution is -2.23. The fourth-order valence-electron chi connectivity index (χ4n) is 1.11. The van der Waals surface area contributed by atoms with E-state index in [-0.39, 0.29) is 6.07 Å². The third-order valence-electron chi connectivity index (χ3n) is 1.89. The van der Waals surface area contributed by atoms with Crippen LogP contribution in [0.2, 0.25) is 0 Å². The van der Waals surface area contributed by atoms with Gasteiger partial charge in [-0.1, -0.05) is 0 Å². The second-order valence-electron chi connectivity index (χ2n) is 3.00. The molecule has 0 saturated carbocycles. The van der Waals surface area contributed by atoms with Crippen LogP contribution in [0.1, 0.15) is 11.7 Å². The minimum atomic E-state index is -5.32. The topological polar surface area (TPSA) is 63.4 Å². The summed E-state index contributed by atoms with van der Waals surface area (Å²) in [4.78, 5) is 8.92. The maximum atomic E-state index is 13.2. The zero-order valence-electron chi connectivity index (χ0n) is 7.83. The van der Waals surface area contributed by atoms with Crippen LogP contribution < -0.4 is 0 Å². The van der Waals surface area contributed by atoms with Crippen LogP contribution >= 0.6 is 0 Å². The Morgan fingerprint density at radius 2 is 1.82 bits per heavy atom. The third kappa shape index (κ3) is 2.49. The van der Waals surface area contributed by atoms with Crippen LogP contribution in [-0.4, -0.2) is 16.2 Å². The SMILES string of the molecule is O=[N+]([O-])c1ccc(F)c([C@H](O)C(F)(F)F)c1F. The standard InChI is InChI=1S/C8H4F5NO3/c9-3-1-2-4(14(16)17)6(10)5(3)7(15)8(11,12)13/h1-2,7,15H/t7-/m0/s1. The number of alkyl halides is 3. The summed E-state index contributed by atoms with van der Waals surface area (Å²) >= 11 is 0. The molecule has 9 heteroatoms. The van der Waals surface area contributed by atoms with Crippen molar-refractivity contribution in [1.82, 2.24) is 0 Å². The third-order valence-corrected chi connectivity index (χ3v) is 1.89. The number of hydrogen-bond donors (Lipinski definition) is 1. The van der Waals surface area contributed by atoms with Crippen molar-refractivity contribution >= 4 is 5.69 Å². The Labute approximate surface area is 90.4 Å². The average molecular weight is 257 g/mol. The van der Waals surface area contributed by atoms with Gasteiger partial charge in [-0.2, -0.15) is 17.6 Å². The normalized spacial score (nSPS) is 13.5. The summed E-state index contributed by atoms with van der Waals surface area (Å²) < 4.78 is 62.4. The van der Waals surface area contributed by atoms with Gasteiger partial charge in [-0.15, -0.1) is 0 Å². The molecule has 0 fully saturated rings. The smallest absolute Gasteiger partial charge is 0.379 e. The van der Waals surface area contributed by atoms with Crippen molar-refractivity contribution in [2.24, 2.45) is 0 Å². The van der Waals surface area contributed by atoms with Gasteiger partial charge in [0.05, 0.1) is 10.5 Å². The molecule has 0 amide bonds. The molecule has 1 aromatic carbocycles. The molecule has 0 aliphatic heterocycles. The number of nitro benzene ring substituents is 1. The maximum Gasteiger partial charge on any atom is 0.418 e. The van der Waals surface area contributed by atoms with E-state index in [1.54, 1.807) is 0 Å². The van der Waals surface area contributed by atoms with E-state index in [1.807, 2.05) is 0 Å². The molecule has 0 spiro atoms. The van der Waals surface area contributed by atoms with Crippen molar-refractivity contribution in [3.8, 4) is 0 Å². The second-order valence-corrected chi connectivity index (χ2v) is 3.00. The van der Waals surface area contributed by atoms with Gasteiger partial charge in [-0.25, -0.2) is 4.39 Å². The Balaban J connectivity index is 3.42. The molecule has 0 heterocycles. The van der Waals surface area contributed by atoms with E-state index >= 15 is 0 Å². The summed E-state index contributed by atoms with van der Waals surface area (Å²) in [6, 6.07) is 0.656. The van der Waals surface area contributed by atoms with E-state index in [9.17, 15) is 32.1 Å². The van der Waals surface area contributed by atoms with Crippen molar-refractivity contribution in [2.75, 3.05) is 0 Å². The number of nitro groups is 1. The van der Waals surface area contributed by atoms with Gasteiger partial charge in [0, 0.05) is 6.07 Å². The lowest BCUT2D eigenvalue weighted by atomic mass is 10.1. The minimum Gasteiger partial charge on any atom is -0.379 e. The summed E-state index contributed by atoms with van der Waals surface area (Å²) in [7, 11) is 0. The molecule has 1 aromatic rings. The van der Waals surface area contributed by atoms with E-state index in [2.05, 4.69) is 0 Å². The van der Waals surface area contributed by atoms with E-state index in [0.29, 0.717) is 6.07 Å². The number of aliphatic hydroxyl groups excluding tert-OH is 1. The zero-order valence-corrected chi connectivity index (χ0v) is 7.83. The molecule has 1 N–H and O–H groups in total. The first kappa shape index (κ1) is 13.3. The highest BCUT2D eigenvalue weighted by atomic mass is 19.4. The number of benzene rings is 1. The average Bonchev–Trinajstić information content (AvgIpc) is 2.15. The Kier molecular flexibility index (Phi) is 3.32. The Hall–Kier alpha value is -1.77. The molecular weight excluding hydrogens is 253 g/mol. The summed E-state index contributed by atoms with van der Waals surface area (Å²) in [6.45, 7) is 0. The van der Waals surface area contributed by atoms with Crippen molar-refractivity contribution in [2.45, 2.75) is 12.3 Å². The van der Waals surface area contributed by atoms with Crippen LogP contribution in [0.3, 0.4) is 0 Å². The number of rotatable bonds is 2. The number of aliphatic hydroxyl groups is 1. The molecule has 1 atom stereocenters. The molecule has 94 valence electrons. The predicted molar refractivity (Wildman–Crippen MR) is 44.0 cm³/mol. The molecule has 0 bridgehead atoms. The highest BCUT2D eigenvalue weighted by Crippen LogP contribution is 2.37. The van der Waals surface area contributed by atoms with Gasteiger partial charge >= 0.3 is 11.9 Å². The first-order valence-electron chi connectivity index (χ1n) is 4.03. The Bertz CT molecular complexity index is 459. The van der Waals surface area contributed by atoms with Gasteiger partial charge < -0.3 is 5.11 Å². The van der Waals surface area contributed by atoms with Gasteiger partial charge in [0.15, 0.2) is 6.10 Å². The van der Waals surface area contributed by atoms with Gasteiger partial charge in [0.25, 0.3) is 0 Å². The Morgan fingerprint density at radius 3 is 2.24 bits per heavy atom. The van der Waals surface area contributed by atoms with E-state index in [1.165, 1.54) is 0 Å². The fraction of sp³-hybridized carbons (Fsp3) is 0.250. The number of nitrogens with zero attached hydrogens (tertiary/aromatic N) is 1. The van der Waals surface area contributed by atoms with E-state index in [4.69, 9.17) is 5.11 Å². The lowest BCUT2D eigenvalue weighted by molar-refractivity contribution is -0.387. The second kappa shape index (κ2) is 4.24. The zero-order chi connectivity index (χ0) is 13.4. The molecule has 4 nitrogen and oxygen atoms in total. The lowest BCUT2D eigenvalue weighted by Gasteiger charge is -2.15. The van der Waals surface area contributed by atoms with Crippen LogP contribution in [0.5, 0.6) is 0 Å². The molecular formula is C8H4F5NO3. The molecule has 0 aliphatic carbocycles. The molecule has 0 radical (unpaired) electrons. The van der Waals surface area contributed by atoms with Gasteiger partial charge in [-0.3, -0.25) is 10.1 Å². The molecule has 0 unspecified atom stereocenters. The maximum absolute atomic E-state index is 13.2. The van der Waals surface area contributed by atoms with Gasteiger partial charge in [0.2, 0.25) is 5.82 Å². The summed E-state index contributed by atoms with van der Waals surface area (Å²) in [5.41, 5.74) is -3.13. The fourth-order valence-corrected chi connectivity index (χ4v) is 1.11. The van der Waals surface area contributed by atoms with Crippen molar-refractivity contribution in [3.63, 3.8) is 0 Å². The molecule has 0 aromatic heterocycles. The van der Waals surface area contributed by atoms with Crippen LogP contribution in [-0.2, 0) is 0 Å². The van der Waals surface area contributed by atoms with E-state index in [0.717, 1.165) is 0 Å². The largest absolute Gasteiger partial charge is 0.418 e. The van der Waals surface area contributed by atoms with Crippen molar-refractivity contribution in [1.29, 1.82) is 0 Å². The molecule has 0 saturated heterocycles. The molecule has 0 aliphatic rings. The highest BCUT2D eigenvalue weighted by Gasteiger charge is 2.44. The highest BCUT2D eigenvalue weighted by molar-refractivity contribution is 5.39. The van der Waals surface area contributed by atoms with Crippen molar-refractivity contribution < 1.29 is 32.0 Å². The minimum absolute atomic E-state index is 0.283. The van der Waals surface area contributed by atoms with Gasteiger partial charge in [0.1, 0.15) is 5.82 Å². The number of hydrogen-bond acceptors (Lipinski definition) is 3. The monoisotopic (exact) mass is 257 g/mol. The van der Waals surface area contributed by atoms with Crippen LogP contribution in [0.15, 0.2) is 12.1 Å². The quantitative estimate of drug-likeness (QED) is 0.503. The number of halogens is 5. The van der Waals surface area contributed by atoms with Crippen LogP contribution in [0.4, 0.5) is 27.6 Å². The summed E-state index contributed by atoms with van der Waals surface area (Å²) in [5.74, 6) is -3.75. The van der Waals surface area contributed by atoms with E-state index < -0.39 is 40.1 Å². The van der Waals surface area contributed by atoms with Gasteiger partial charge in [-0.05, 0) is 6.07 Å². The summed E-state index contributed by atoms with van der Waals surface area (Å²) in [5, 5.41) is 18.9. The predicted octanol–water partition coefficient (Wildman–Crippen LogP) is 2.47. The summed E-state index contributed by atoms with van der Waals surface area (Å²) in [6.07, 6.45) is -8.78. The first-order valence-corrected chi connectivity index (χ1v) is 4.03. The van der Waals surface area contributed by atoms with Crippen molar-refractivity contribution in [3.05, 3.63) is 39.4 Å². The van der Waals surface area contributed by atoms with Crippen LogP contribution in [0, 0.1) is 21.7 Å². The first-order chi connectivity index (χ1) is 7.66. The Morgan fingerprint density at radius 1 is 1.29 bits per heavy atom.